The van der Waals surface area contributed by atoms with Gasteiger partial charge in [-0.25, -0.2) is 5.01 Å². The molecule has 1 aromatic rings. The number of likely N-dealkylation sites (N-methyl/N-ethyl adjacent to an activating group) is 2. The van der Waals surface area contributed by atoms with Crippen molar-refractivity contribution in [1.82, 2.24) is 9.91 Å². The molecule has 2 rings (SSSR count). The molecule has 0 saturated heterocycles. The summed E-state index contributed by atoms with van der Waals surface area (Å²) in [6.45, 7) is 6.12. The fraction of sp³-hybridized carbons (Fsp3) is 0.500. The molecule has 0 radical (unpaired) electrons. The van der Waals surface area contributed by atoms with Gasteiger partial charge >= 0.3 is 0 Å². The summed E-state index contributed by atoms with van der Waals surface area (Å²) >= 11 is 0. The molecule has 0 aliphatic carbocycles. The minimum absolute atomic E-state index is 0.113. The zero-order valence-corrected chi connectivity index (χ0v) is 11.7. The second kappa shape index (κ2) is 4.28. The Morgan fingerprint density at radius 3 is 2.56 bits per heavy atom. The molecular weight excluding hydrogens is 226 g/mol. The molecule has 4 nitrogen and oxygen atoms in total. The summed E-state index contributed by atoms with van der Waals surface area (Å²) in [6, 6.07) is 7.70. The summed E-state index contributed by atoms with van der Waals surface area (Å²) in [4.78, 5) is 14.4. The van der Waals surface area contributed by atoms with E-state index in [1.807, 2.05) is 64.1 Å². The summed E-state index contributed by atoms with van der Waals surface area (Å²) < 4.78 is 0. The van der Waals surface area contributed by atoms with Crippen LogP contribution in [-0.2, 0) is 4.79 Å². The Labute approximate surface area is 109 Å². The molecule has 0 bridgehead atoms. The van der Waals surface area contributed by atoms with Crippen molar-refractivity contribution in [2.45, 2.75) is 32.4 Å². The van der Waals surface area contributed by atoms with E-state index in [0.717, 1.165) is 11.3 Å². The first-order valence-electron chi connectivity index (χ1n) is 6.18. The van der Waals surface area contributed by atoms with Crippen molar-refractivity contribution in [3.63, 3.8) is 0 Å². The van der Waals surface area contributed by atoms with Gasteiger partial charge in [0.25, 0.3) is 0 Å². The van der Waals surface area contributed by atoms with E-state index in [2.05, 4.69) is 5.43 Å². The molecular formula is C14H21N3O. The molecule has 1 aliphatic rings. The van der Waals surface area contributed by atoms with Crippen molar-refractivity contribution < 1.29 is 4.79 Å². The molecule has 1 aromatic carbocycles. The first-order valence-corrected chi connectivity index (χ1v) is 6.18. The highest BCUT2D eigenvalue weighted by Crippen LogP contribution is 2.35. The zero-order chi connectivity index (χ0) is 13.5. The molecule has 1 aliphatic heterocycles. The van der Waals surface area contributed by atoms with E-state index in [-0.39, 0.29) is 17.5 Å². The van der Waals surface area contributed by atoms with Crippen molar-refractivity contribution >= 4 is 11.6 Å². The van der Waals surface area contributed by atoms with E-state index in [9.17, 15) is 4.79 Å². The number of fused-ring (bicyclic) bond motifs is 1. The monoisotopic (exact) mass is 247 g/mol. The average molecular weight is 247 g/mol. The minimum atomic E-state index is -0.245. The third kappa shape index (κ3) is 2.08. The average Bonchev–Trinajstić information content (AvgIpc) is 2.61. The van der Waals surface area contributed by atoms with Gasteiger partial charge < -0.3 is 10.3 Å². The van der Waals surface area contributed by atoms with Crippen molar-refractivity contribution in [3.05, 3.63) is 29.8 Å². The van der Waals surface area contributed by atoms with E-state index in [1.54, 1.807) is 4.90 Å². The van der Waals surface area contributed by atoms with Gasteiger partial charge in [-0.15, -0.1) is 0 Å². The summed E-state index contributed by atoms with van der Waals surface area (Å²) in [5.74, 6) is 0.113. The standard InChI is InChI=1S/C14H21N3O/c1-14(2,3)16(4)13(18)12-10-8-6-7-9-11(10)15-17(12)5/h6-9,12,15H,1-5H3. The van der Waals surface area contributed by atoms with Crippen LogP contribution >= 0.6 is 0 Å². The largest absolute Gasteiger partial charge is 0.339 e. The quantitative estimate of drug-likeness (QED) is 0.827. The molecule has 1 amide bonds. The zero-order valence-electron chi connectivity index (χ0n) is 11.7. The van der Waals surface area contributed by atoms with Gasteiger partial charge in [0, 0.05) is 25.2 Å². The van der Waals surface area contributed by atoms with Crippen molar-refractivity contribution in [2.24, 2.45) is 0 Å². The van der Waals surface area contributed by atoms with Gasteiger partial charge in [0.05, 0.1) is 5.69 Å². The Morgan fingerprint density at radius 2 is 1.94 bits per heavy atom. The molecule has 1 atom stereocenters. The maximum atomic E-state index is 12.6. The number of carbonyl (C=O) groups is 1. The molecule has 1 N–H and O–H groups in total. The van der Waals surface area contributed by atoms with E-state index in [4.69, 9.17) is 0 Å². The Morgan fingerprint density at radius 1 is 1.33 bits per heavy atom. The van der Waals surface area contributed by atoms with Gasteiger partial charge in [-0.2, -0.15) is 0 Å². The molecule has 98 valence electrons. The fourth-order valence-electron chi connectivity index (χ4n) is 2.11. The number of nitrogens with zero attached hydrogens (tertiary/aromatic N) is 2. The van der Waals surface area contributed by atoms with Crippen LogP contribution in [0, 0.1) is 0 Å². The van der Waals surface area contributed by atoms with Gasteiger partial charge in [0.15, 0.2) is 0 Å². The van der Waals surface area contributed by atoms with Crippen LogP contribution in [0.3, 0.4) is 0 Å². The number of amides is 1. The maximum absolute atomic E-state index is 12.6. The highest BCUT2D eigenvalue weighted by atomic mass is 16.2. The van der Waals surface area contributed by atoms with E-state index in [1.165, 1.54) is 0 Å². The molecule has 0 aromatic heterocycles. The highest BCUT2D eigenvalue weighted by molar-refractivity contribution is 5.87. The molecule has 1 heterocycles. The first kappa shape index (κ1) is 12.9. The predicted octanol–water partition coefficient (Wildman–Crippen LogP) is 2.26. The van der Waals surface area contributed by atoms with Crippen molar-refractivity contribution in [2.75, 3.05) is 19.5 Å². The number of nitrogens with one attached hydrogen (secondary N) is 1. The smallest absolute Gasteiger partial charge is 0.246 e. The number of hydrogen-bond donors (Lipinski definition) is 1. The van der Waals surface area contributed by atoms with Crippen LogP contribution in [0.25, 0.3) is 0 Å². The summed E-state index contributed by atoms with van der Waals surface area (Å²) in [5.41, 5.74) is 5.11. The number of hydrogen-bond acceptors (Lipinski definition) is 3. The molecule has 0 spiro atoms. The van der Waals surface area contributed by atoms with Gasteiger partial charge in [-0.3, -0.25) is 4.79 Å². The summed E-state index contributed by atoms with van der Waals surface area (Å²) in [7, 11) is 3.76. The van der Waals surface area contributed by atoms with Crippen LogP contribution in [0.5, 0.6) is 0 Å². The third-order valence-corrected chi connectivity index (χ3v) is 3.51. The molecule has 4 heteroatoms. The Kier molecular flexibility index (Phi) is 3.07. The molecule has 1 unspecified atom stereocenters. The second-order valence-corrected chi connectivity index (χ2v) is 5.78. The van der Waals surface area contributed by atoms with Gasteiger partial charge in [0.2, 0.25) is 5.91 Å². The number of benzene rings is 1. The lowest BCUT2D eigenvalue weighted by Crippen LogP contribution is -2.47. The number of para-hydroxylation sites is 1. The fourth-order valence-corrected chi connectivity index (χ4v) is 2.11. The first-order chi connectivity index (χ1) is 8.32. The lowest BCUT2D eigenvalue weighted by atomic mass is 10.0. The highest BCUT2D eigenvalue weighted by Gasteiger charge is 2.37. The molecule has 0 fully saturated rings. The SMILES string of the molecule is CN1Nc2ccccc2C1C(=O)N(C)C(C)(C)C. The Balaban J connectivity index is 2.32. The number of rotatable bonds is 1. The normalized spacial score (nSPS) is 19.3. The number of anilines is 1. The van der Waals surface area contributed by atoms with E-state index < -0.39 is 0 Å². The van der Waals surface area contributed by atoms with Crippen LogP contribution < -0.4 is 5.43 Å². The third-order valence-electron chi connectivity index (χ3n) is 3.51. The van der Waals surface area contributed by atoms with E-state index >= 15 is 0 Å². The van der Waals surface area contributed by atoms with Crippen molar-refractivity contribution in [1.29, 1.82) is 0 Å². The topological polar surface area (TPSA) is 35.6 Å². The summed E-state index contributed by atoms with van der Waals surface area (Å²) in [5, 5.41) is 1.87. The Hall–Kier alpha value is -1.55. The lowest BCUT2D eigenvalue weighted by molar-refractivity contribution is -0.138. The number of carbonyl (C=O) groups excluding carboxylic acids is 1. The van der Waals surface area contributed by atoms with Gasteiger partial charge in [0.1, 0.15) is 6.04 Å². The molecule has 0 saturated carbocycles. The van der Waals surface area contributed by atoms with Crippen LogP contribution in [0.2, 0.25) is 0 Å². The predicted molar refractivity (Wildman–Crippen MR) is 73.1 cm³/mol. The lowest BCUT2D eigenvalue weighted by Gasteiger charge is -2.35. The van der Waals surface area contributed by atoms with Gasteiger partial charge in [-0.1, -0.05) is 18.2 Å². The second-order valence-electron chi connectivity index (χ2n) is 5.78. The summed E-state index contributed by atoms with van der Waals surface area (Å²) in [6.07, 6.45) is 0. The minimum Gasteiger partial charge on any atom is -0.339 e. The van der Waals surface area contributed by atoms with Crippen LogP contribution in [0.1, 0.15) is 32.4 Å². The van der Waals surface area contributed by atoms with Crippen LogP contribution in [-0.4, -0.2) is 35.5 Å². The Bertz CT molecular complexity index is 464. The van der Waals surface area contributed by atoms with Crippen LogP contribution in [0.15, 0.2) is 24.3 Å². The van der Waals surface area contributed by atoms with Gasteiger partial charge in [-0.05, 0) is 26.8 Å². The molecule has 18 heavy (non-hydrogen) atoms. The van der Waals surface area contributed by atoms with Crippen molar-refractivity contribution in [3.8, 4) is 0 Å². The van der Waals surface area contributed by atoms with E-state index in [0.29, 0.717) is 0 Å². The number of hydrazine groups is 1. The maximum Gasteiger partial charge on any atom is 0.246 e. The van der Waals surface area contributed by atoms with Crippen LogP contribution in [0.4, 0.5) is 5.69 Å².